The number of rotatable bonds is 10. The molecule has 0 heterocycles. The highest BCUT2D eigenvalue weighted by molar-refractivity contribution is 7.98. The average molecular weight is 397 g/mol. The van der Waals surface area contributed by atoms with Crippen LogP contribution in [0.5, 0.6) is 0 Å². The minimum atomic E-state index is -0.996. The molecule has 0 aliphatic carbocycles. The summed E-state index contributed by atoms with van der Waals surface area (Å²) in [4.78, 5) is 46.7. The number of thioether (sulfide) groups is 1. The molecule has 1 aromatic rings. The summed E-state index contributed by atoms with van der Waals surface area (Å²) in [5.74, 6) is -1.22. The third-order valence-corrected chi connectivity index (χ3v) is 4.18. The highest BCUT2D eigenvalue weighted by Gasteiger charge is 2.26. The molecule has 0 saturated heterocycles. The Morgan fingerprint density at radius 2 is 2.04 bits per heavy atom. The highest BCUT2D eigenvalue weighted by Crippen LogP contribution is 2.14. The molecule has 0 bridgehead atoms. The normalized spacial score (nSPS) is 12.6. The number of carbonyl (C=O) groups excluding carboxylic acids is 3. The lowest BCUT2D eigenvalue weighted by Crippen LogP contribution is -2.45. The Kier molecular flexibility index (Phi) is 9.27. The molecule has 9 nitrogen and oxygen atoms in total. The largest absolute Gasteiger partial charge is 0.451 e. The summed E-state index contributed by atoms with van der Waals surface area (Å²) in [7, 11) is 0. The zero-order valence-corrected chi connectivity index (χ0v) is 16.2. The molecule has 2 amide bonds. The average Bonchev–Trinajstić information content (AvgIpc) is 2.64. The Morgan fingerprint density at radius 1 is 1.33 bits per heavy atom. The second kappa shape index (κ2) is 11.2. The monoisotopic (exact) mass is 397 g/mol. The van der Waals surface area contributed by atoms with E-state index in [2.05, 4.69) is 10.6 Å². The van der Waals surface area contributed by atoms with Crippen LogP contribution in [0.1, 0.15) is 30.6 Å². The number of ether oxygens (including phenoxy) is 1. The van der Waals surface area contributed by atoms with Crippen LogP contribution < -0.4 is 10.6 Å². The third-order valence-electron chi connectivity index (χ3n) is 3.53. The second-order valence-corrected chi connectivity index (χ2v) is 6.57. The SMILES string of the molecule is CCNC(=O)[C@@H](C)OC(=O)[C@@H](CCSC)NC(=O)c1cccc([N+](=O)[O-])c1. The van der Waals surface area contributed by atoms with E-state index in [0.717, 1.165) is 6.07 Å². The van der Waals surface area contributed by atoms with Crippen molar-refractivity contribution < 1.29 is 24.0 Å². The number of nitrogens with one attached hydrogen (secondary N) is 2. The molecule has 0 fully saturated rings. The van der Waals surface area contributed by atoms with Crippen molar-refractivity contribution in [1.29, 1.82) is 0 Å². The van der Waals surface area contributed by atoms with Crippen LogP contribution in [0.25, 0.3) is 0 Å². The van der Waals surface area contributed by atoms with Crippen LogP contribution in [-0.2, 0) is 14.3 Å². The maximum Gasteiger partial charge on any atom is 0.329 e. The minimum Gasteiger partial charge on any atom is -0.451 e. The number of amides is 2. The van der Waals surface area contributed by atoms with Gasteiger partial charge >= 0.3 is 5.97 Å². The van der Waals surface area contributed by atoms with Crippen LogP contribution in [0.2, 0.25) is 0 Å². The van der Waals surface area contributed by atoms with Crippen LogP contribution in [-0.4, -0.2) is 53.4 Å². The molecule has 0 aromatic heterocycles. The first kappa shape index (κ1) is 22.4. The predicted molar refractivity (Wildman–Crippen MR) is 102 cm³/mol. The van der Waals surface area contributed by atoms with Crippen molar-refractivity contribution in [3.63, 3.8) is 0 Å². The Labute approximate surface area is 161 Å². The van der Waals surface area contributed by atoms with Gasteiger partial charge in [0.25, 0.3) is 17.5 Å². The van der Waals surface area contributed by atoms with Crippen molar-refractivity contribution in [2.45, 2.75) is 32.4 Å². The summed E-state index contributed by atoms with van der Waals surface area (Å²) >= 11 is 1.48. The standard InChI is InChI=1S/C17H23N3O6S/c1-4-18-15(21)11(2)26-17(23)14(8-9-27-3)19-16(22)12-6-5-7-13(10-12)20(24)25/h5-7,10-11,14H,4,8-9H2,1-3H3,(H,18,21)(H,19,22)/t11-,14-/m1/s1. The first-order chi connectivity index (χ1) is 12.8. The van der Waals surface area contributed by atoms with E-state index in [9.17, 15) is 24.5 Å². The number of esters is 1. The number of nitro groups is 1. The molecule has 2 N–H and O–H groups in total. The van der Waals surface area contributed by atoms with Crippen molar-refractivity contribution in [2.24, 2.45) is 0 Å². The summed E-state index contributed by atoms with van der Waals surface area (Å²) in [6, 6.07) is 4.23. The molecule has 148 valence electrons. The Bertz CT molecular complexity index is 697. The number of carbonyl (C=O) groups is 3. The first-order valence-corrected chi connectivity index (χ1v) is 9.72. The fourth-order valence-corrected chi connectivity index (χ4v) is 2.59. The molecule has 0 unspecified atom stereocenters. The molecular formula is C17H23N3O6S. The lowest BCUT2D eigenvalue weighted by molar-refractivity contribution is -0.384. The van der Waals surface area contributed by atoms with Gasteiger partial charge in [0.05, 0.1) is 4.92 Å². The van der Waals surface area contributed by atoms with Crippen molar-refractivity contribution in [1.82, 2.24) is 10.6 Å². The van der Waals surface area contributed by atoms with Crippen LogP contribution in [0.15, 0.2) is 24.3 Å². The Hall–Kier alpha value is -2.62. The summed E-state index contributed by atoms with van der Waals surface area (Å²) < 4.78 is 5.14. The van der Waals surface area contributed by atoms with Gasteiger partial charge in [-0.3, -0.25) is 19.7 Å². The lowest BCUT2D eigenvalue weighted by atomic mass is 10.1. The Morgan fingerprint density at radius 3 is 2.63 bits per heavy atom. The predicted octanol–water partition coefficient (Wildman–Crippen LogP) is 1.51. The number of hydrogen-bond donors (Lipinski definition) is 2. The molecule has 0 radical (unpaired) electrons. The van der Waals surface area contributed by atoms with E-state index < -0.39 is 34.9 Å². The molecular weight excluding hydrogens is 374 g/mol. The number of nitrogens with zero attached hydrogens (tertiary/aromatic N) is 1. The van der Waals surface area contributed by atoms with Crippen molar-refractivity contribution in [3.05, 3.63) is 39.9 Å². The van der Waals surface area contributed by atoms with Crippen LogP contribution in [0, 0.1) is 10.1 Å². The molecule has 1 rings (SSSR count). The van der Waals surface area contributed by atoms with Gasteiger partial charge in [-0.2, -0.15) is 11.8 Å². The number of non-ortho nitro benzene ring substituents is 1. The summed E-state index contributed by atoms with van der Waals surface area (Å²) in [6.45, 7) is 3.59. The molecule has 1 aromatic carbocycles. The van der Waals surface area contributed by atoms with E-state index >= 15 is 0 Å². The van der Waals surface area contributed by atoms with E-state index in [1.807, 2.05) is 6.26 Å². The van der Waals surface area contributed by atoms with E-state index in [-0.39, 0.29) is 11.3 Å². The van der Waals surface area contributed by atoms with Crippen molar-refractivity contribution in [2.75, 3.05) is 18.6 Å². The van der Waals surface area contributed by atoms with E-state index in [0.29, 0.717) is 18.7 Å². The molecule has 27 heavy (non-hydrogen) atoms. The topological polar surface area (TPSA) is 128 Å². The van der Waals surface area contributed by atoms with Gasteiger partial charge in [0.1, 0.15) is 6.04 Å². The number of nitro benzene ring substituents is 1. The fourth-order valence-electron chi connectivity index (χ4n) is 2.11. The Balaban J connectivity index is 2.85. The van der Waals surface area contributed by atoms with E-state index in [1.54, 1.807) is 6.92 Å². The van der Waals surface area contributed by atoms with Gasteiger partial charge < -0.3 is 15.4 Å². The van der Waals surface area contributed by atoms with Crippen molar-refractivity contribution >= 4 is 35.2 Å². The van der Waals surface area contributed by atoms with E-state index in [4.69, 9.17) is 4.74 Å². The quantitative estimate of drug-likeness (QED) is 0.348. The van der Waals surface area contributed by atoms with Gasteiger partial charge in [-0.15, -0.1) is 0 Å². The second-order valence-electron chi connectivity index (χ2n) is 5.59. The van der Waals surface area contributed by atoms with Gasteiger partial charge in [-0.25, -0.2) is 4.79 Å². The molecule has 0 aliphatic rings. The first-order valence-electron chi connectivity index (χ1n) is 8.32. The third kappa shape index (κ3) is 7.26. The van der Waals surface area contributed by atoms with Gasteiger partial charge in [-0.1, -0.05) is 6.07 Å². The minimum absolute atomic E-state index is 0.0583. The van der Waals surface area contributed by atoms with Crippen LogP contribution >= 0.6 is 11.8 Å². The summed E-state index contributed by atoms with van der Waals surface area (Å²) in [5, 5.41) is 15.9. The van der Waals surface area contributed by atoms with Crippen molar-refractivity contribution in [3.8, 4) is 0 Å². The fraction of sp³-hybridized carbons (Fsp3) is 0.471. The summed E-state index contributed by atoms with van der Waals surface area (Å²) in [5.41, 5.74) is -0.168. The number of benzene rings is 1. The van der Waals surface area contributed by atoms with Crippen LogP contribution in [0.3, 0.4) is 0 Å². The zero-order valence-electron chi connectivity index (χ0n) is 15.4. The van der Waals surface area contributed by atoms with Gasteiger partial charge in [0.2, 0.25) is 0 Å². The number of hydrogen-bond acceptors (Lipinski definition) is 7. The maximum atomic E-state index is 12.4. The highest BCUT2D eigenvalue weighted by atomic mass is 32.2. The van der Waals surface area contributed by atoms with E-state index in [1.165, 1.54) is 36.9 Å². The van der Waals surface area contributed by atoms with Gasteiger partial charge in [-0.05, 0) is 38.3 Å². The number of likely N-dealkylation sites (N-methyl/N-ethyl adjacent to an activating group) is 1. The zero-order chi connectivity index (χ0) is 20.4. The maximum absolute atomic E-state index is 12.4. The molecule has 0 aliphatic heterocycles. The molecule has 0 saturated carbocycles. The van der Waals surface area contributed by atoms with Gasteiger partial charge in [0, 0.05) is 24.2 Å². The molecule has 10 heteroatoms. The smallest absolute Gasteiger partial charge is 0.329 e. The summed E-state index contributed by atoms with van der Waals surface area (Å²) in [6.07, 6.45) is 1.15. The lowest BCUT2D eigenvalue weighted by Gasteiger charge is -2.20. The van der Waals surface area contributed by atoms with Crippen LogP contribution in [0.4, 0.5) is 5.69 Å². The molecule has 2 atom stereocenters. The van der Waals surface area contributed by atoms with Gasteiger partial charge in [0.15, 0.2) is 6.10 Å². The molecule has 0 spiro atoms.